The number of likely N-dealkylation sites (N-methyl/N-ethyl adjacent to an activating group) is 1. The Kier molecular flexibility index (Phi) is 7.54. The summed E-state index contributed by atoms with van der Waals surface area (Å²) in [5.74, 6) is -10.4. The lowest BCUT2D eigenvalue weighted by molar-refractivity contribution is -0.196. The second kappa shape index (κ2) is 9.16. The number of hydrogen-bond donors (Lipinski definition) is 1. The molecule has 0 radical (unpaired) electrons. The van der Waals surface area contributed by atoms with Crippen LogP contribution in [0.1, 0.15) is 13.8 Å². The van der Waals surface area contributed by atoms with Gasteiger partial charge in [0.2, 0.25) is 0 Å². The quantitative estimate of drug-likeness (QED) is 0.433. The third-order valence-electron chi connectivity index (χ3n) is 4.51. The molecule has 0 aromatic rings. The van der Waals surface area contributed by atoms with Crippen molar-refractivity contribution in [2.24, 2.45) is 23.7 Å². The van der Waals surface area contributed by atoms with Crippen molar-refractivity contribution in [1.82, 2.24) is 4.90 Å². The second-order valence-corrected chi connectivity index (χ2v) is 5.66. The molecule has 10 heteroatoms. The number of carbonyl (C=O) groups is 5. The highest BCUT2D eigenvalue weighted by atomic mass is 16.5. The molecule has 0 aromatic heterocycles. The lowest BCUT2D eigenvalue weighted by Gasteiger charge is -2.44. The van der Waals surface area contributed by atoms with E-state index in [4.69, 9.17) is 4.74 Å². The summed E-state index contributed by atoms with van der Waals surface area (Å²) in [4.78, 5) is 60.9. The van der Waals surface area contributed by atoms with Crippen molar-refractivity contribution >= 4 is 29.8 Å². The maximum Gasteiger partial charge on any atom is 0.311 e. The number of amides is 1. The first-order chi connectivity index (χ1) is 12.2. The van der Waals surface area contributed by atoms with E-state index in [1.54, 1.807) is 13.8 Å². The number of aliphatic carboxylic acids is 1. The summed E-state index contributed by atoms with van der Waals surface area (Å²) in [5, 5.41) is 9.34. The Labute approximate surface area is 150 Å². The van der Waals surface area contributed by atoms with Crippen LogP contribution in [-0.4, -0.2) is 73.7 Å². The molecule has 0 aromatic carbocycles. The van der Waals surface area contributed by atoms with Gasteiger partial charge < -0.3 is 24.2 Å². The molecule has 1 rings (SSSR count). The van der Waals surface area contributed by atoms with Gasteiger partial charge >= 0.3 is 23.9 Å². The summed E-state index contributed by atoms with van der Waals surface area (Å²) in [7, 11) is 2.10. The second-order valence-electron chi connectivity index (χ2n) is 5.66. The molecule has 0 aliphatic heterocycles. The molecule has 1 fully saturated rings. The number of hydrogen-bond acceptors (Lipinski definition) is 8. The van der Waals surface area contributed by atoms with Crippen molar-refractivity contribution in [2.45, 2.75) is 13.8 Å². The van der Waals surface area contributed by atoms with E-state index in [9.17, 15) is 29.1 Å². The Balaban J connectivity index is 2.96. The molecule has 10 nitrogen and oxygen atoms in total. The first kappa shape index (κ1) is 21.4. The van der Waals surface area contributed by atoms with Crippen LogP contribution >= 0.6 is 0 Å². The molecule has 0 spiro atoms. The molecule has 1 aliphatic carbocycles. The molecule has 0 saturated heterocycles. The van der Waals surface area contributed by atoms with E-state index in [-0.39, 0.29) is 0 Å². The van der Waals surface area contributed by atoms with Crippen LogP contribution in [0.25, 0.3) is 0 Å². The van der Waals surface area contributed by atoms with E-state index < -0.39 is 60.1 Å². The smallest absolute Gasteiger partial charge is 0.311 e. The zero-order valence-corrected chi connectivity index (χ0v) is 15.1. The minimum Gasteiger partial charge on any atom is -0.481 e. The monoisotopic (exact) mass is 373 g/mol. The van der Waals surface area contributed by atoms with Crippen molar-refractivity contribution in [3.8, 4) is 0 Å². The Bertz CT molecular complexity index is 584. The van der Waals surface area contributed by atoms with E-state index in [2.05, 4.69) is 9.47 Å². The van der Waals surface area contributed by atoms with Crippen LogP contribution in [0.2, 0.25) is 0 Å². The molecular formula is C16H23NO9. The summed E-state index contributed by atoms with van der Waals surface area (Å²) in [6.45, 7) is 3.76. The number of methoxy groups -OCH3 is 2. The van der Waals surface area contributed by atoms with Gasteiger partial charge in [0.05, 0.1) is 37.9 Å². The maximum atomic E-state index is 12.3. The number of carbonyl (C=O) groups excluding carboxylic acids is 4. The number of esters is 3. The van der Waals surface area contributed by atoms with Gasteiger partial charge in [-0.2, -0.15) is 0 Å². The maximum absolute atomic E-state index is 12.3. The Hall–Kier alpha value is -2.65. The third-order valence-corrected chi connectivity index (χ3v) is 4.51. The summed E-state index contributed by atoms with van der Waals surface area (Å²) < 4.78 is 14.0. The number of ether oxygens (including phenoxy) is 3. The molecule has 26 heavy (non-hydrogen) atoms. The zero-order valence-electron chi connectivity index (χ0n) is 15.1. The molecule has 146 valence electrons. The fourth-order valence-electron chi connectivity index (χ4n) is 3.10. The Morgan fingerprint density at radius 3 is 1.62 bits per heavy atom. The van der Waals surface area contributed by atoms with Gasteiger partial charge in [0.1, 0.15) is 0 Å². The lowest BCUT2D eigenvalue weighted by atomic mass is 9.56. The molecule has 0 heterocycles. The molecule has 1 N–H and O–H groups in total. The van der Waals surface area contributed by atoms with E-state index >= 15 is 0 Å². The van der Waals surface area contributed by atoms with Crippen molar-refractivity contribution in [3.63, 3.8) is 0 Å². The first-order valence-electron chi connectivity index (χ1n) is 8.07. The van der Waals surface area contributed by atoms with Crippen molar-refractivity contribution in [3.05, 3.63) is 0 Å². The van der Waals surface area contributed by atoms with E-state index in [1.807, 2.05) is 0 Å². The fourth-order valence-corrected chi connectivity index (χ4v) is 3.10. The van der Waals surface area contributed by atoms with Crippen LogP contribution in [-0.2, 0) is 38.2 Å². The molecule has 0 unspecified atom stereocenters. The summed E-state index contributed by atoms with van der Waals surface area (Å²) in [6, 6.07) is 0. The first-order valence-corrected chi connectivity index (χ1v) is 8.07. The van der Waals surface area contributed by atoms with E-state index in [0.717, 1.165) is 14.2 Å². The van der Waals surface area contributed by atoms with Crippen LogP contribution in [0, 0.1) is 23.7 Å². The minimum atomic E-state index is -1.50. The SMILES string of the molecule is CCN(CC)C(=O)COC(=O)[C@@H]1[C@@H](C(=O)O)[C@@H](C(=O)OC)[C@@H]1C(=O)OC. The van der Waals surface area contributed by atoms with E-state index in [1.165, 1.54) is 4.90 Å². The highest BCUT2D eigenvalue weighted by molar-refractivity contribution is 5.97. The van der Waals surface area contributed by atoms with Crippen molar-refractivity contribution < 1.29 is 43.3 Å². The van der Waals surface area contributed by atoms with Gasteiger partial charge in [0.15, 0.2) is 6.61 Å². The van der Waals surface area contributed by atoms with Gasteiger partial charge in [-0.15, -0.1) is 0 Å². The summed E-state index contributed by atoms with van der Waals surface area (Å²) >= 11 is 0. The minimum absolute atomic E-state index is 0.420. The van der Waals surface area contributed by atoms with Gasteiger partial charge in [-0.3, -0.25) is 24.0 Å². The number of carboxylic acid groups (broad SMARTS) is 1. The van der Waals surface area contributed by atoms with Gasteiger partial charge in [-0.25, -0.2) is 0 Å². The van der Waals surface area contributed by atoms with Crippen molar-refractivity contribution in [2.75, 3.05) is 33.9 Å². The summed E-state index contributed by atoms with van der Waals surface area (Å²) in [6.07, 6.45) is 0. The van der Waals surface area contributed by atoms with Crippen LogP contribution in [0.5, 0.6) is 0 Å². The fraction of sp³-hybridized carbons (Fsp3) is 0.688. The van der Waals surface area contributed by atoms with Crippen LogP contribution in [0.3, 0.4) is 0 Å². The van der Waals surface area contributed by atoms with Gasteiger partial charge in [0.25, 0.3) is 5.91 Å². The highest BCUT2D eigenvalue weighted by Gasteiger charge is 2.65. The third kappa shape index (κ3) is 4.12. The normalized spacial score (nSPS) is 24.0. The molecule has 1 aliphatic rings. The predicted molar refractivity (Wildman–Crippen MR) is 84.5 cm³/mol. The van der Waals surface area contributed by atoms with Gasteiger partial charge in [-0.05, 0) is 13.8 Å². The Morgan fingerprint density at radius 2 is 1.23 bits per heavy atom. The standard InChI is InChI=1S/C16H23NO9/c1-5-17(6-2)8(18)7-26-16(23)11-9(13(19)20)10(14(21)24-3)12(11)15(22)25-4/h9-12H,5-7H2,1-4H3,(H,19,20)/t9-,10+,11+,12-/m0/s1. The predicted octanol–water partition coefficient (Wildman–Crippen LogP) is -0.693. The molecular weight excluding hydrogens is 350 g/mol. The van der Waals surface area contributed by atoms with Crippen LogP contribution in [0.4, 0.5) is 0 Å². The average molecular weight is 373 g/mol. The number of nitrogens with zero attached hydrogens (tertiary/aromatic N) is 1. The number of rotatable bonds is 8. The average Bonchev–Trinajstić information content (AvgIpc) is 2.59. The highest BCUT2D eigenvalue weighted by Crippen LogP contribution is 2.48. The summed E-state index contributed by atoms with van der Waals surface area (Å²) in [5.41, 5.74) is 0. The van der Waals surface area contributed by atoms with E-state index in [0.29, 0.717) is 13.1 Å². The lowest BCUT2D eigenvalue weighted by Crippen LogP contribution is -2.60. The van der Waals surface area contributed by atoms with Crippen molar-refractivity contribution in [1.29, 1.82) is 0 Å². The molecule has 0 bridgehead atoms. The van der Waals surface area contributed by atoms with Gasteiger partial charge in [-0.1, -0.05) is 0 Å². The molecule has 1 amide bonds. The van der Waals surface area contributed by atoms with Crippen LogP contribution in [0.15, 0.2) is 0 Å². The largest absolute Gasteiger partial charge is 0.481 e. The topological polar surface area (TPSA) is 137 Å². The van der Waals surface area contributed by atoms with Gasteiger partial charge in [0, 0.05) is 13.1 Å². The Morgan fingerprint density at radius 1 is 0.808 bits per heavy atom. The zero-order chi connectivity index (χ0) is 20.0. The molecule has 4 atom stereocenters. The molecule has 1 saturated carbocycles. The van der Waals surface area contributed by atoms with Crippen LogP contribution < -0.4 is 0 Å². The number of carboxylic acids is 1.